The number of hydrogen-bond acceptors (Lipinski definition) is 1. The average molecular weight is 364 g/mol. The van der Waals surface area contributed by atoms with Crippen LogP contribution in [0, 0.1) is 5.92 Å². The van der Waals surface area contributed by atoms with E-state index in [9.17, 15) is 0 Å². The molecule has 1 atom stereocenters. The Kier molecular flexibility index (Phi) is 20.3. The highest BCUT2D eigenvalue weighted by Crippen LogP contribution is 2.13. The van der Waals surface area contributed by atoms with Gasteiger partial charge in [-0.3, -0.25) is 0 Å². The standard InChI is InChI=1S/C25H49N/c1-4-5-6-7-8-9-10-11-12-13-14-15-16-17-18-19-20-21-25(26)23-22-24(2)3/h8-9,11-12,24-25H,4-7,10,13-23,26H2,1-3H3/b9-8+,12-11+. The third-order valence-corrected chi connectivity index (χ3v) is 5.14. The molecule has 0 spiro atoms. The fourth-order valence-electron chi connectivity index (χ4n) is 3.26. The molecule has 154 valence electrons. The highest BCUT2D eigenvalue weighted by Gasteiger charge is 2.03. The van der Waals surface area contributed by atoms with Crippen molar-refractivity contribution < 1.29 is 0 Å². The molecule has 0 radical (unpaired) electrons. The molecular formula is C25H49N. The van der Waals surface area contributed by atoms with Gasteiger partial charge in [-0.15, -0.1) is 0 Å². The van der Waals surface area contributed by atoms with Gasteiger partial charge in [0.1, 0.15) is 0 Å². The first-order chi connectivity index (χ1) is 12.7. The summed E-state index contributed by atoms with van der Waals surface area (Å²) >= 11 is 0. The molecule has 0 aliphatic rings. The first-order valence-corrected chi connectivity index (χ1v) is 11.7. The van der Waals surface area contributed by atoms with Gasteiger partial charge in [0.2, 0.25) is 0 Å². The molecule has 0 aliphatic carbocycles. The van der Waals surface area contributed by atoms with E-state index in [2.05, 4.69) is 45.1 Å². The summed E-state index contributed by atoms with van der Waals surface area (Å²) in [6.07, 6.45) is 30.4. The van der Waals surface area contributed by atoms with Gasteiger partial charge >= 0.3 is 0 Å². The van der Waals surface area contributed by atoms with E-state index < -0.39 is 0 Å². The van der Waals surface area contributed by atoms with Crippen molar-refractivity contribution in [1.82, 2.24) is 0 Å². The molecular weight excluding hydrogens is 314 g/mol. The zero-order chi connectivity index (χ0) is 19.3. The molecule has 0 bridgehead atoms. The van der Waals surface area contributed by atoms with Crippen molar-refractivity contribution in [1.29, 1.82) is 0 Å². The van der Waals surface area contributed by atoms with Crippen molar-refractivity contribution >= 4 is 0 Å². The van der Waals surface area contributed by atoms with Crippen LogP contribution in [0.2, 0.25) is 0 Å². The van der Waals surface area contributed by atoms with Crippen molar-refractivity contribution in [3.63, 3.8) is 0 Å². The van der Waals surface area contributed by atoms with Gasteiger partial charge in [0.15, 0.2) is 0 Å². The molecule has 0 rings (SSSR count). The molecule has 0 aromatic rings. The van der Waals surface area contributed by atoms with E-state index in [1.54, 1.807) is 0 Å². The Morgan fingerprint density at radius 2 is 1.15 bits per heavy atom. The summed E-state index contributed by atoms with van der Waals surface area (Å²) in [5, 5.41) is 0. The van der Waals surface area contributed by atoms with Gasteiger partial charge in [-0.1, -0.05) is 96.4 Å². The molecule has 1 nitrogen and oxygen atoms in total. The van der Waals surface area contributed by atoms with Gasteiger partial charge in [0.05, 0.1) is 0 Å². The van der Waals surface area contributed by atoms with E-state index in [1.165, 1.54) is 96.3 Å². The molecule has 1 unspecified atom stereocenters. The van der Waals surface area contributed by atoms with Crippen LogP contribution in [-0.2, 0) is 0 Å². The van der Waals surface area contributed by atoms with E-state index in [4.69, 9.17) is 5.73 Å². The molecule has 0 amide bonds. The summed E-state index contributed by atoms with van der Waals surface area (Å²) < 4.78 is 0. The lowest BCUT2D eigenvalue weighted by Gasteiger charge is -2.12. The minimum Gasteiger partial charge on any atom is -0.328 e. The Hall–Kier alpha value is -0.560. The summed E-state index contributed by atoms with van der Waals surface area (Å²) in [6.45, 7) is 6.84. The molecule has 2 N–H and O–H groups in total. The van der Waals surface area contributed by atoms with Gasteiger partial charge in [-0.2, -0.15) is 0 Å². The number of allylic oxidation sites excluding steroid dienone is 4. The van der Waals surface area contributed by atoms with Crippen LogP contribution in [0.1, 0.15) is 124 Å². The second-order valence-electron chi connectivity index (χ2n) is 8.46. The SMILES string of the molecule is CCCCC/C=C/C/C=C/CCCCCCCCCC(N)CCC(C)C. The van der Waals surface area contributed by atoms with Crippen molar-refractivity contribution in [3.8, 4) is 0 Å². The van der Waals surface area contributed by atoms with Crippen LogP contribution in [0.15, 0.2) is 24.3 Å². The molecule has 0 heterocycles. The molecule has 1 heteroatoms. The lowest BCUT2D eigenvalue weighted by atomic mass is 9.99. The Morgan fingerprint density at radius 3 is 1.73 bits per heavy atom. The van der Waals surface area contributed by atoms with Crippen molar-refractivity contribution in [2.45, 2.75) is 130 Å². The van der Waals surface area contributed by atoms with E-state index in [1.807, 2.05) is 0 Å². The maximum absolute atomic E-state index is 6.18. The van der Waals surface area contributed by atoms with Crippen molar-refractivity contribution in [2.24, 2.45) is 11.7 Å². The third kappa shape index (κ3) is 21.5. The van der Waals surface area contributed by atoms with Gasteiger partial charge in [0.25, 0.3) is 0 Å². The zero-order valence-corrected chi connectivity index (χ0v) is 18.4. The van der Waals surface area contributed by atoms with E-state index in [-0.39, 0.29) is 0 Å². The quantitative estimate of drug-likeness (QED) is 0.181. The number of unbranched alkanes of at least 4 members (excludes halogenated alkanes) is 10. The molecule has 0 aliphatic heterocycles. The van der Waals surface area contributed by atoms with E-state index >= 15 is 0 Å². The lowest BCUT2D eigenvalue weighted by Crippen LogP contribution is -2.20. The van der Waals surface area contributed by atoms with Gasteiger partial charge in [0, 0.05) is 6.04 Å². The smallest absolute Gasteiger partial charge is 0.00389 e. The molecule has 26 heavy (non-hydrogen) atoms. The van der Waals surface area contributed by atoms with Crippen LogP contribution >= 0.6 is 0 Å². The fourth-order valence-corrected chi connectivity index (χ4v) is 3.26. The Bertz CT molecular complexity index is 316. The van der Waals surface area contributed by atoms with Crippen LogP contribution in [0.5, 0.6) is 0 Å². The predicted octanol–water partition coefficient (Wildman–Crippen LogP) is 8.34. The molecule has 0 fully saturated rings. The van der Waals surface area contributed by atoms with Crippen LogP contribution < -0.4 is 5.73 Å². The summed E-state index contributed by atoms with van der Waals surface area (Å²) in [5.74, 6) is 0.794. The largest absolute Gasteiger partial charge is 0.328 e. The maximum atomic E-state index is 6.18. The number of rotatable bonds is 19. The van der Waals surface area contributed by atoms with Crippen LogP contribution in [0.25, 0.3) is 0 Å². The van der Waals surface area contributed by atoms with Gasteiger partial charge in [-0.25, -0.2) is 0 Å². The minimum absolute atomic E-state index is 0.440. The Balaban J connectivity index is 3.22. The Labute approximate surface area is 165 Å². The topological polar surface area (TPSA) is 26.0 Å². The normalized spacial score (nSPS) is 13.4. The van der Waals surface area contributed by atoms with Crippen LogP contribution in [-0.4, -0.2) is 6.04 Å². The molecule has 0 saturated carbocycles. The highest BCUT2D eigenvalue weighted by atomic mass is 14.6. The lowest BCUT2D eigenvalue weighted by molar-refractivity contribution is 0.458. The van der Waals surface area contributed by atoms with Gasteiger partial charge < -0.3 is 5.73 Å². The summed E-state index contributed by atoms with van der Waals surface area (Å²) in [7, 11) is 0. The van der Waals surface area contributed by atoms with Crippen LogP contribution in [0.4, 0.5) is 0 Å². The van der Waals surface area contributed by atoms with Crippen LogP contribution in [0.3, 0.4) is 0 Å². The summed E-state index contributed by atoms with van der Waals surface area (Å²) in [4.78, 5) is 0. The summed E-state index contributed by atoms with van der Waals surface area (Å²) in [6, 6.07) is 0.440. The maximum Gasteiger partial charge on any atom is 0.00389 e. The first kappa shape index (κ1) is 25.4. The third-order valence-electron chi connectivity index (χ3n) is 5.14. The van der Waals surface area contributed by atoms with E-state index in [0.29, 0.717) is 6.04 Å². The van der Waals surface area contributed by atoms with E-state index in [0.717, 1.165) is 12.3 Å². The molecule has 0 aromatic carbocycles. The number of nitrogens with two attached hydrogens (primary N) is 1. The average Bonchev–Trinajstić information content (AvgIpc) is 2.62. The predicted molar refractivity (Wildman–Crippen MR) is 121 cm³/mol. The van der Waals surface area contributed by atoms with Crippen molar-refractivity contribution in [3.05, 3.63) is 24.3 Å². The number of hydrogen-bond donors (Lipinski definition) is 1. The second-order valence-corrected chi connectivity index (χ2v) is 8.46. The summed E-state index contributed by atoms with van der Waals surface area (Å²) in [5.41, 5.74) is 6.18. The minimum atomic E-state index is 0.440. The monoisotopic (exact) mass is 363 g/mol. The zero-order valence-electron chi connectivity index (χ0n) is 18.4. The molecule has 0 saturated heterocycles. The molecule has 0 aromatic heterocycles. The van der Waals surface area contributed by atoms with Crippen molar-refractivity contribution in [2.75, 3.05) is 0 Å². The highest BCUT2D eigenvalue weighted by molar-refractivity contribution is 4.92. The van der Waals surface area contributed by atoms with Gasteiger partial charge in [-0.05, 0) is 57.3 Å². The first-order valence-electron chi connectivity index (χ1n) is 11.7. The second kappa shape index (κ2) is 20.7. The fraction of sp³-hybridized carbons (Fsp3) is 0.840. The Morgan fingerprint density at radius 1 is 0.615 bits per heavy atom.